The molecule has 0 saturated carbocycles. The van der Waals surface area contributed by atoms with Gasteiger partial charge in [-0.05, 0) is 38.4 Å². The van der Waals surface area contributed by atoms with Crippen LogP contribution in [0.2, 0.25) is 0 Å². The zero-order valence-electron chi connectivity index (χ0n) is 19.5. The summed E-state index contributed by atoms with van der Waals surface area (Å²) < 4.78 is 25.4. The molecule has 0 spiro atoms. The van der Waals surface area contributed by atoms with Gasteiger partial charge in [0.15, 0.2) is 0 Å². The molecule has 1 aliphatic rings. The molecular weight excluding hydrogens is 449 g/mol. The number of hydrogen-bond donors (Lipinski definition) is 2. The van der Waals surface area contributed by atoms with Crippen LogP contribution in [0.4, 0.5) is 21.6 Å². The van der Waals surface area contributed by atoms with Crippen molar-refractivity contribution in [3.8, 4) is 18.1 Å². The first-order valence-electron chi connectivity index (χ1n) is 11.1. The Morgan fingerprint density at radius 2 is 2.20 bits per heavy atom. The fourth-order valence-electron chi connectivity index (χ4n) is 3.56. The summed E-state index contributed by atoms with van der Waals surface area (Å²) in [6, 6.07) is 7.91. The van der Waals surface area contributed by atoms with Crippen LogP contribution < -0.4 is 15.4 Å². The molecule has 0 unspecified atom stereocenters. The minimum absolute atomic E-state index is 0.117. The van der Waals surface area contributed by atoms with Crippen LogP contribution in [0.15, 0.2) is 48.8 Å². The van der Waals surface area contributed by atoms with Crippen LogP contribution in [0.5, 0.6) is 5.75 Å². The van der Waals surface area contributed by atoms with Crippen LogP contribution in [0.25, 0.3) is 10.9 Å². The molecule has 9 heteroatoms. The highest BCUT2D eigenvalue weighted by Gasteiger charge is 2.20. The molecule has 0 aliphatic carbocycles. The fraction of sp³-hybridized carbons (Fsp3) is 0.269. The number of carbonyl (C=O) groups excluding carboxylic acids is 1. The van der Waals surface area contributed by atoms with E-state index in [2.05, 4.69) is 26.5 Å². The number of nitrogens with zero attached hydrogens (tertiary/aromatic N) is 3. The summed E-state index contributed by atoms with van der Waals surface area (Å²) >= 11 is 0. The summed E-state index contributed by atoms with van der Waals surface area (Å²) in [7, 11) is 3.84. The smallest absolute Gasteiger partial charge is 0.248 e. The summed E-state index contributed by atoms with van der Waals surface area (Å²) in [4.78, 5) is 23.3. The van der Waals surface area contributed by atoms with E-state index in [1.54, 1.807) is 24.3 Å². The average Bonchev–Trinajstić information content (AvgIpc) is 3.34. The van der Waals surface area contributed by atoms with Gasteiger partial charge in [-0.1, -0.05) is 12.0 Å². The van der Waals surface area contributed by atoms with E-state index in [4.69, 9.17) is 15.9 Å². The van der Waals surface area contributed by atoms with Crippen molar-refractivity contribution >= 4 is 34.0 Å². The molecule has 1 amide bonds. The number of rotatable bonds is 8. The quantitative estimate of drug-likeness (QED) is 0.379. The van der Waals surface area contributed by atoms with E-state index in [0.29, 0.717) is 53.6 Å². The highest BCUT2D eigenvalue weighted by Crippen LogP contribution is 2.34. The Kier molecular flexibility index (Phi) is 7.55. The van der Waals surface area contributed by atoms with Gasteiger partial charge in [-0.3, -0.25) is 4.79 Å². The van der Waals surface area contributed by atoms with Crippen LogP contribution in [0.1, 0.15) is 12.0 Å². The Morgan fingerprint density at radius 1 is 1.34 bits per heavy atom. The van der Waals surface area contributed by atoms with E-state index in [1.165, 1.54) is 24.5 Å². The van der Waals surface area contributed by atoms with E-state index >= 15 is 0 Å². The number of benzene rings is 2. The van der Waals surface area contributed by atoms with E-state index in [-0.39, 0.29) is 17.6 Å². The van der Waals surface area contributed by atoms with Gasteiger partial charge in [0.1, 0.15) is 29.8 Å². The van der Waals surface area contributed by atoms with Gasteiger partial charge in [0.2, 0.25) is 5.91 Å². The maximum absolute atomic E-state index is 13.8. The highest BCUT2D eigenvalue weighted by molar-refractivity contribution is 6.03. The SMILES string of the molecule is C#Cc1cc(Nc2ncnc3cc(O[C@H]4CCOC4)c(NC(=O)C=CCN(C)C)cc23)ccc1F. The van der Waals surface area contributed by atoms with Crippen molar-refractivity contribution in [1.29, 1.82) is 0 Å². The molecule has 3 aromatic rings. The van der Waals surface area contributed by atoms with Crippen molar-refractivity contribution in [3.05, 3.63) is 60.2 Å². The van der Waals surface area contributed by atoms with E-state index in [0.717, 1.165) is 6.42 Å². The number of halogens is 1. The number of aromatic nitrogens is 2. The van der Waals surface area contributed by atoms with Crippen molar-refractivity contribution in [1.82, 2.24) is 14.9 Å². The van der Waals surface area contributed by atoms with E-state index in [9.17, 15) is 9.18 Å². The zero-order chi connectivity index (χ0) is 24.8. The number of ether oxygens (including phenoxy) is 2. The Labute approximate surface area is 203 Å². The fourth-order valence-corrected chi connectivity index (χ4v) is 3.56. The summed E-state index contributed by atoms with van der Waals surface area (Å²) in [6.45, 7) is 1.74. The first kappa shape index (κ1) is 24.1. The molecule has 35 heavy (non-hydrogen) atoms. The van der Waals surface area contributed by atoms with Gasteiger partial charge < -0.3 is 25.0 Å². The predicted molar refractivity (Wildman–Crippen MR) is 133 cm³/mol. The molecule has 1 fully saturated rings. The molecule has 1 aliphatic heterocycles. The van der Waals surface area contributed by atoms with E-state index < -0.39 is 5.82 Å². The van der Waals surface area contributed by atoms with Crippen LogP contribution in [0, 0.1) is 18.2 Å². The molecule has 180 valence electrons. The normalized spacial score (nSPS) is 15.5. The molecule has 2 N–H and O–H groups in total. The van der Waals surface area contributed by atoms with Gasteiger partial charge in [-0.2, -0.15) is 0 Å². The van der Waals surface area contributed by atoms with Crippen LogP contribution in [0.3, 0.4) is 0 Å². The average molecular weight is 476 g/mol. The van der Waals surface area contributed by atoms with Crippen LogP contribution >= 0.6 is 0 Å². The molecule has 1 aromatic heterocycles. The molecule has 4 rings (SSSR count). The minimum atomic E-state index is -0.476. The molecular formula is C26H26FN5O3. The largest absolute Gasteiger partial charge is 0.486 e. The number of hydrogen-bond acceptors (Lipinski definition) is 7. The lowest BCUT2D eigenvalue weighted by Crippen LogP contribution is -2.18. The molecule has 0 radical (unpaired) electrons. The Morgan fingerprint density at radius 3 is 2.94 bits per heavy atom. The number of amides is 1. The molecule has 0 bridgehead atoms. The first-order chi connectivity index (χ1) is 16.9. The lowest BCUT2D eigenvalue weighted by Gasteiger charge is -2.17. The third-order valence-electron chi connectivity index (χ3n) is 5.30. The standard InChI is InChI=1S/C26H26FN5O3/c1-4-17-12-18(7-8-21(17)27)30-26-20-13-23(31-25(33)6-5-10-32(2)3)24(14-22(20)28-16-29-26)35-19-9-11-34-15-19/h1,5-8,12-14,16,19H,9-11,15H2,2-3H3,(H,31,33)(H,28,29,30)/t19-/m0/s1. The summed E-state index contributed by atoms with van der Waals surface area (Å²) in [6.07, 6.45) is 10.7. The summed E-state index contributed by atoms with van der Waals surface area (Å²) in [5.41, 5.74) is 1.79. The minimum Gasteiger partial charge on any atom is -0.486 e. The number of nitrogens with one attached hydrogen (secondary N) is 2. The number of terminal acetylenes is 1. The summed E-state index contributed by atoms with van der Waals surface area (Å²) in [5, 5.41) is 6.70. The van der Waals surface area contributed by atoms with Gasteiger partial charge in [-0.25, -0.2) is 14.4 Å². The number of carbonyl (C=O) groups is 1. The molecule has 2 heterocycles. The Balaban J connectivity index is 1.69. The van der Waals surface area contributed by atoms with Crippen molar-refractivity contribution in [2.24, 2.45) is 0 Å². The molecule has 8 nitrogen and oxygen atoms in total. The zero-order valence-corrected chi connectivity index (χ0v) is 19.5. The highest BCUT2D eigenvalue weighted by atomic mass is 19.1. The van der Waals surface area contributed by atoms with Crippen molar-refractivity contribution < 1.29 is 18.7 Å². The van der Waals surface area contributed by atoms with E-state index in [1.807, 2.05) is 19.0 Å². The molecule has 1 atom stereocenters. The Bertz CT molecular complexity index is 1300. The second-order valence-corrected chi connectivity index (χ2v) is 8.31. The molecule has 1 saturated heterocycles. The number of fused-ring (bicyclic) bond motifs is 1. The second-order valence-electron chi connectivity index (χ2n) is 8.31. The van der Waals surface area contributed by atoms with Crippen LogP contribution in [-0.2, 0) is 9.53 Å². The van der Waals surface area contributed by atoms with Gasteiger partial charge in [-0.15, -0.1) is 6.42 Å². The van der Waals surface area contributed by atoms with Crippen molar-refractivity contribution in [2.45, 2.75) is 12.5 Å². The van der Waals surface area contributed by atoms with Gasteiger partial charge in [0, 0.05) is 36.2 Å². The maximum Gasteiger partial charge on any atom is 0.248 e. The van der Waals surface area contributed by atoms with Crippen molar-refractivity contribution in [3.63, 3.8) is 0 Å². The van der Waals surface area contributed by atoms with Crippen LogP contribution in [-0.4, -0.2) is 60.7 Å². The topological polar surface area (TPSA) is 88.6 Å². The van der Waals surface area contributed by atoms with Gasteiger partial charge in [0.05, 0.1) is 30.0 Å². The summed E-state index contributed by atoms with van der Waals surface area (Å²) in [5.74, 6) is 2.52. The first-order valence-corrected chi connectivity index (χ1v) is 11.1. The number of likely N-dealkylation sites (N-methyl/N-ethyl adjacent to an activating group) is 1. The third kappa shape index (κ3) is 6.12. The second kappa shape index (κ2) is 11.0. The monoisotopic (exact) mass is 475 g/mol. The lowest BCUT2D eigenvalue weighted by molar-refractivity contribution is -0.111. The third-order valence-corrected chi connectivity index (χ3v) is 5.30. The maximum atomic E-state index is 13.8. The van der Waals surface area contributed by atoms with Gasteiger partial charge in [0.25, 0.3) is 0 Å². The molecule has 2 aromatic carbocycles. The number of anilines is 3. The predicted octanol–water partition coefficient (Wildman–Crippen LogP) is 3.72. The van der Waals surface area contributed by atoms with Gasteiger partial charge >= 0.3 is 0 Å². The Hall–Kier alpha value is -4.00. The van der Waals surface area contributed by atoms with Crippen molar-refractivity contribution in [2.75, 3.05) is 44.5 Å². The lowest BCUT2D eigenvalue weighted by atomic mass is 10.1.